The molecule has 0 saturated carbocycles. The molecule has 0 unspecified atom stereocenters. The zero-order valence-electron chi connectivity index (χ0n) is 6.34. The molecule has 0 aliphatic carbocycles. The Labute approximate surface area is 77.1 Å². The van der Waals surface area contributed by atoms with Crippen LogP contribution in [0.1, 0.15) is 0 Å². The Morgan fingerprint density at radius 2 is 2.42 bits per heavy atom. The molecule has 2 aromatic rings. The molecule has 0 aliphatic heterocycles. The van der Waals surface area contributed by atoms with Gasteiger partial charge in [-0.05, 0) is 22.0 Å². The number of methoxy groups -OCH3 is 1. The molecular weight excluding hydrogens is 222 g/mol. The van der Waals surface area contributed by atoms with E-state index in [0.29, 0.717) is 5.88 Å². The number of hydrogen-bond donors (Lipinski definition) is 1. The second-order valence-corrected chi connectivity index (χ2v) is 3.20. The molecular formula is C7H6BrN3O. The minimum atomic E-state index is 0.568. The zero-order chi connectivity index (χ0) is 8.55. The molecule has 2 rings (SSSR count). The molecule has 0 aliphatic rings. The Bertz CT molecular complexity index is 412. The maximum Gasteiger partial charge on any atom is 0.242 e. The Hall–Kier alpha value is -1.10. The number of rotatable bonds is 1. The van der Waals surface area contributed by atoms with Crippen LogP contribution in [0.3, 0.4) is 0 Å². The summed E-state index contributed by atoms with van der Waals surface area (Å²) in [6.07, 6.45) is 1.71. The lowest BCUT2D eigenvalue weighted by Gasteiger charge is -1.93. The third-order valence-electron chi connectivity index (χ3n) is 1.54. The number of halogens is 1. The van der Waals surface area contributed by atoms with Crippen molar-refractivity contribution in [3.63, 3.8) is 0 Å². The first kappa shape index (κ1) is 7.54. The molecule has 0 radical (unpaired) electrons. The number of H-pyrrole nitrogens is 1. The summed E-state index contributed by atoms with van der Waals surface area (Å²) in [4.78, 5) is 4.10. The summed E-state index contributed by atoms with van der Waals surface area (Å²) >= 11 is 3.32. The fourth-order valence-electron chi connectivity index (χ4n) is 1.01. The van der Waals surface area contributed by atoms with E-state index in [1.54, 1.807) is 13.3 Å². The maximum absolute atomic E-state index is 5.02. The summed E-state index contributed by atoms with van der Waals surface area (Å²) in [5.41, 5.74) is 0.732. The van der Waals surface area contributed by atoms with Gasteiger partial charge in [0.2, 0.25) is 5.88 Å². The quantitative estimate of drug-likeness (QED) is 0.808. The molecule has 12 heavy (non-hydrogen) atoms. The topological polar surface area (TPSA) is 50.8 Å². The largest absolute Gasteiger partial charge is 0.479 e. The van der Waals surface area contributed by atoms with Crippen molar-refractivity contribution in [1.29, 1.82) is 0 Å². The SMILES string of the molecule is COc1n[nH]c2ncc(Br)cc12. The van der Waals surface area contributed by atoms with Gasteiger partial charge in [0.15, 0.2) is 5.65 Å². The smallest absolute Gasteiger partial charge is 0.242 e. The lowest BCUT2D eigenvalue weighted by molar-refractivity contribution is 0.401. The summed E-state index contributed by atoms with van der Waals surface area (Å²) in [6.45, 7) is 0. The van der Waals surface area contributed by atoms with Crippen LogP contribution in [0.15, 0.2) is 16.7 Å². The monoisotopic (exact) mass is 227 g/mol. The lowest BCUT2D eigenvalue weighted by atomic mass is 10.3. The molecule has 0 spiro atoms. The standard InChI is InChI=1S/C7H6BrN3O/c1-12-7-5-2-4(8)3-9-6(5)10-11-7/h2-3H,1H3,(H,9,10,11). The Kier molecular flexibility index (Phi) is 1.73. The number of hydrogen-bond acceptors (Lipinski definition) is 3. The first-order valence-corrected chi connectivity index (χ1v) is 4.14. The zero-order valence-corrected chi connectivity index (χ0v) is 7.92. The third-order valence-corrected chi connectivity index (χ3v) is 1.98. The van der Waals surface area contributed by atoms with Gasteiger partial charge in [-0.25, -0.2) is 4.98 Å². The number of aromatic nitrogens is 3. The summed E-state index contributed by atoms with van der Waals surface area (Å²) < 4.78 is 5.93. The van der Waals surface area contributed by atoms with Gasteiger partial charge in [0.1, 0.15) is 0 Å². The predicted octanol–water partition coefficient (Wildman–Crippen LogP) is 1.73. The van der Waals surface area contributed by atoms with Gasteiger partial charge in [-0.2, -0.15) is 0 Å². The minimum Gasteiger partial charge on any atom is -0.479 e. The maximum atomic E-state index is 5.02. The van der Waals surface area contributed by atoms with Gasteiger partial charge in [-0.3, -0.25) is 5.10 Å². The molecule has 0 amide bonds. The molecule has 0 aromatic carbocycles. The Morgan fingerprint density at radius 3 is 3.17 bits per heavy atom. The highest BCUT2D eigenvalue weighted by Gasteiger charge is 2.05. The molecule has 0 saturated heterocycles. The van der Waals surface area contributed by atoms with E-state index in [9.17, 15) is 0 Å². The van der Waals surface area contributed by atoms with Crippen molar-refractivity contribution in [2.24, 2.45) is 0 Å². The molecule has 0 fully saturated rings. The van der Waals surface area contributed by atoms with Crippen molar-refractivity contribution in [2.75, 3.05) is 7.11 Å². The van der Waals surface area contributed by atoms with Crippen LogP contribution < -0.4 is 4.74 Å². The summed E-state index contributed by atoms with van der Waals surface area (Å²) in [7, 11) is 1.58. The second-order valence-electron chi connectivity index (χ2n) is 2.28. The van der Waals surface area contributed by atoms with Crippen LogP contribution in [-0.2, 0) is 0 Å². The summed E-state index contributed by atoms with van der Waals surface area (Å²) in [6, 6.07) is 1.91. The summed E-state index contributed by atoms with van der Waals surface area (Å²) in [5, 5.41) is 7.57. The third kappa shape index (κ3) is 1.06. The van der Waals surface area contributed by atoms with Gasteiger partial charge < -0.3 is 4.74 Å². The molecule has 2 aromatic heterocycles. The van der Waals surface area contributed by atoms with Crippen LogP contribution in [0.25, 0.3) is 11.0 Å². The van der Waals surface area contributed by atoms with Crippen LogP contribution in [0.5, 0.6) is 5.88 Å². The van der Waals surface area contributed by atoms with Gasteiger partial charge in [-0.15, -0.1) is 5.10 Å². The van der Waals surface area contributed by atoms with E-state index >= 15 is 0 Å². The highest BCUT2D eigenvalue weighted by molar-refractivity contribution is 9.10. The molecule has 2 heterocycles. The first-order chi connectivity index (χ1) is 5.81. The highest BCUT2D eigenvalue weighted by atomic mass is 79.9. The van der Waals surface area contributed by atoms with Gasteiger partial charge >= 0.3 is 0 Å². The van der Waals surface area contributed by atoms with Gasteiger partial charge in [0.25, 0.3) is 0 Å². The van der Waals surface area contributed by atoms with Crippen molar-refractivity contribution < 1.29 is 4.74 Å². The molecule has 4 nitrogen and oxygen atoms in total. The number of ether oxygens (including phenoxy) is 1. The Morgan fingerprint density at radius 1 is 1.58 bits per heavy atom. The number of nitrogens with one attached hydrogen (secondary N) is 1. The number of fused-ring (bicyclic) bond motifs is 1. The van der Waals surface area contributed by atoms with Crippen LogP contribution in [0.4, 0.5) is 0 Å². The van der Waals surface area contributed by atoms with E-state index in [1.165, 1.54) is 0 Å². The first-order valence-electron chi connectivity index (χ1n) is 3.35. The van der Waals surface area contributed by atoms with Crippen molar-refractivity contribution >= 4 is 27.0 Å². The average Bonchev–Trinajstić information content (AvgIpc) is 2.46. The van der Waals surface area contributed by atoms with Crippen molar-refractivity contribution in [2.45, 2.75) is 0 Å². The summed E-state index contributed by atoms with van der Waals surface area (Å²) in [5.74, 6) is 0.568. The van der Waals surface area contributed by atoms with Gasteiger partial charge in [0, 0.05) is 10.7 Å². The number of pyridine rings is 1. The van der Waals surface area contributed by atoms with E-state index < -0.39 is 0 Å². The number of nitrogens with zero attached hydrogens (tertiary/aromatic N) is 2. The van der Waals surface area contributed by atoms with Crippen molar-refractivity contribution in [3.8, 4) is 5.88 Å². The normalized spacial score (nSPS) is 10.5. The average molecular weight is 228 g/mol. The van der Waals surface area contributed by atoms with E-state index in [4.69, 9.17) is 4.74 Å². The fourth-order valence-corrected chi connectivity index (χ4v) is 1.34. The molecule has 62 valence electrons. The van der Waals surface area contributed by atoms with Crippen molar-refractivity contribution in [1.82, 2.24) is 15.2 Å². The van der Waals surface area contributed by atoms with Gasteiger partial charge in [-0.1, -0.05) is 0 Å². The van der Waals surface area contributed by atoms with Crippen molar-refractivity contribution in [3.05, 3.63) is 16.7 Å². The van der Waals surface area contributed by atoms with E-state index in [-0.39, 0.29) is 0 Å². The Balaban J connectivity index is 2.75. The van der Waals surface area contributed by atoms with Crippen LogP contribution in [0, 0.1) is 0 Å². The lowest BCUT2D eigenvalue weighted by Crippen LogP contribution is -1.82. The second kappa shape index (κ2) is 2.75. The fraction of sp³-hybridized carbons (Fsp3) is 0.143. The van der Waals surface area contributed by atoms with E-state index in [2.05, 4.69) is 31.1 Å². The number of aromatic amines is 1. The van der Waals surface area contributed by atoms with E-state index in [0.717, 1.165) is 15.5 Å². The molecule has 0 atom stereocenters. The minimum absolute atomic E-state index is 0.568. The highest BCUT2D eigenvalue weighted by Crippen LogP contribution is 2.23. The molecule has 5 heteroatoms. The molecule has 0 bridgehead atoms. The van der Waals surface area contributed by atoms with E-state index in [1.807, 2.05) is 6.07 Å². The van der Waals surface area contributed by atoms with Crippen LogP contribution >= 0.6 is 15.9 Å². The molecule has 1 N–H and O–H groups in total. The van der Waals surface area contributed by atoms with Crippen LogP contribution in [0.2, 0.25) is 0 Å². The van der Waals surface area contributed by atoms with Gasteiger partial charge in [0.05, 0.1) is 12.5 Å². The predicted molar refractivity (Wildman–Crippen MR) is 48.1 cm³/mol. The van der Waals surface area contributed by atoms with Crippen LogP contribution in [-0.4, -0.2) is 22.3 Å².